The van der Waals surface area contributed by atoms with Gasteiger partial charge < -0.3 is 10.6 Å². The van der Waals surface area contributed by atoms with E-state index in [-0.39, 0.29) is 11.7 Å². The quantitative estimate of drug-likeness (QED) is 0.882. The van der Waals surface area contributed by atoms with Crippen LogP contribution >= 0.6 is 0 Å². The second-order valence-corrected chi connectivity index (χ2v) is 5.28. The topological polar surface area (TPSA) is 41.1 Å². The van der Waals surface area contributed by atoms with Crippen molar-refractivity contribution in [3.63, 3.8) is 0 Å². The molecular formula is C17H17FN2O. The zero-order chi connectivity index (χ0) is 14.8. The maximum Gasteiger partial charge on any atom is 0.256 e. The zero-order valence-electron chi connectivity index (χ0n) is 11.9. The predicted octanol–water partition coefficient (Wildman–Crippen LogP) is 3.74. The average Bonchev–Trinajstić information content (AvgIpc) is 2.50. The fraction of sp³-hybridized carbons (Fsp3) is 0.235. The second-order valence-electron chi connectivity index (χ2n) is 5.28. The molecule has 3 rings (SSSR count). The Morgan fingerprint density at radius 1 is 1.29 bits per heavy atom. The van der Waals surface area contributed by atoms with Gasteiger partial charge in [-0.25, -0.2) is 4.39 Å². The van der Waals surface area contributed by atoms with Crippen LogP contribution in [-0.2, 0) is 6.42 Å². The van der Waals surface area contributed by atoms with E-state index < -0.39 is 0 Å². The summed E-state index contributed by atoms with van der Waals surface area (Å²) in [6.45, 7) is 2.62. The maximum absolute atomic E-state index is 13.3. The molecule has 3 nitrogen and oxygen atoms in total. The summed E-state index contributed by atoms with van der Waals surface area (Å²) in [5, 5.41) is 6.15. The van der Waals surface area contributed by atoms with Crippen LogP contribution < -0.4 is 10.6 Å². The largest absolute Gasteiger partial charge is 0.385 e. The second kappa shape index (κ2) is 5.56. The summed E-state index contributed by atoms with van der Waals surface area (Å²) in [6.07, 6.45) is 1.92. The number of aryl methyl sites for hydroxylation is 1. The van der Waals surface area contributed by atoms with E-state index in [4.69, 9.17) is 0 Å². The van der Waals surface area contributed by atoms with Gasteiger partial charge in [0.1, 0.15) is 5.82 Å². The molecule has 108 valence electrons. The number of carbonyl (C=O) groups excluding carboxylic acids is 1. The Hall–Kier alpha value is -2.36. The van der Waals surface area contributed by atoms with E-state index in [0.29, 0.717) is 16.8 Å². The first-order chi connectivity index (χ1) is 10.1. The third kappa shape index (κ3) is 2.75. The van der Waals surface area contributed by atoms with Crippen LogP contribution in [0.25, 0.3) is 0 Å². The summed E-state index contributed by atoms with van der Waals surface area (Å²) >= 11 is 0. The highest BCUT2D eigenvalue weighted by atomic mass is 19.1. The molecule has 0 fully saturated rings. The Labute approximate surface area is 123 Å². The summed E-state index contributed by atoms with van der Waals surface area (Å²) < 4.78 is 13.3. The number of rotatable bonds is 2. The van der Waals surface area contributed by atoms with Crippen molar-refractivity contribution in [3.8, 4) is 0 Å². The Bertz CT molecular complexity index is 697. The SMILES string of the molecule is Cc1cc(NC(=O)c2cccc3c2CCCN3)ccc1F. The summed E-state index contributed by atoms with van der Waals surface area (Å²) in [4.78, 5) is 12.4. The van der Waals surface area contributed by atoms with Gasteiger partial charge in [-0.2, -0.15) is 0 Å². The first-order valence-corrected chi connectivity index (χ1v) is 7.08. The highest BCUT2D eigenvalue weighted by molar-refractivity contribution is 6.06. The van der Waals surface area contributed by atoms with Gasteiger partial charge in [-0.3, -0.25) is 4.79 Å². The smallest absolute Gasteiger partial charge is 0.256 e. The molecule has 0 spiro atoms. The van der Waals surface area contributed by atoms with Gasteiger partial charge in [-0.05, 0) is 61.2 Å². The summed E-state index contributed by atoms with van der Waals surface area (Å²) in [5.74, 6) is -0.421. The predicted molar refractivity (Wildman–Crippen MR) is 82.3 cm³/mol. The number of hydrogen-bond donors (Lipinski definition) is 2. The van der Waals surface area contributed by atoms with Crippen molar-refractivity contribution in [3.05, 3.63) is 58.9 Å². The molecule has 1 aliphatic heterocycles. The molecule has 2 N–H and O–H groups in total. The van der Waals surface area contributed by atoms with Gasteiger partial charge in [0.05, 0.1) is 0 Å². The molecule has 0 radical (unpaired) electrons. The van der Waals surface area contributed by atoms with E-state index in [2.05, 4.69) is 10.6 Å². The Kier molecular flexibility index (Phi) is 3.60. The average molecular weight is 284 g/mol. The molecule has 4 heteroatoms. The number of amides is 1. The van der Waals surface area contributed by atoms with Gasteiger partial charge in [-0.15, -0.1) is 0 Å². The maximum atomic E-state index is 13.3. The lowest BCUT2D eigenvalue weighted by atomic mass is 9.97. The molecule has 2 aromatic carbocycles. The number of carbonyl (C=O) groups is 1. The highest BCUT2D eigenvalue weighted by Gasteiger charge is 2.17. The number of anilines is 2. The van der Waals surface area contributed by atoms with Crippen molar-refractivity contribution in [2.45, 2.75) is 19.8 Å². The number of nitrogens with one attached hydrogen (secondary N) is 2. The van der Waals surface area contributed by atoms with E-state index in [1.165, 1.54) is 6.07 Å². The van der Waals surface area contributed by atoms with Gasteiger partial charge in [0.2, 0.25) is 0 Å². The van der Waals surface area contributed by atoms with Crippen LogP contribution in [0, 0.1) is 12.7 Å². The highest BCUT2D eigenvalue weighted by Crippen LogP contribution is 2.26. The van der Waals surface area contributed by atoms with E-state index >= 15 is 0 Å². The van der Waals surface area contributed by atoms with Gasteiger partial charge in [0, 0.05) is 23.5 Å². The van der Waals surface area contributed by atoms with Gasteiger partial charge >= 0.3 is 0 Å². The first kappa shape index (κ1) is 13.6. The molecule has 1 amide bonds. The van der Waals surface area contributed by atoms with Crippen LogP contribution in [0.3, 0.4) is 0 Å². The molecule has 1 heterocycles. The lowest BCUT2D eigenvalue weighted by Gasteiger charge is -2.20. The molecule has 0 aliphatic carbocycles. The summed E-state index contributed by atoms with van der Waals surface area (Å²) in [7, 11) is 0. The lowest BCUT2D eigenvalue weighted by Crippen LogP contribution is -2.19. The summed E-state index contributed by atoms with van der Waals surface area (Å²) in [6, 6.07) is 10.3. The molecule has 21 heavy (non-hydrogen) atoms. The van der Waals surface area contributed by atoms with E-state index in [1.54, 1.807) is 19.1 Å². The Morgan fingerprint density at radius 2 is 2.14 bits per heavy atom. The zero-order valence-corrected chi connectivity index (χ0v) is 11.9. The molecule has 0 unspecified atom stereocenters. The molecule has 1 aliphatic rings. The van der Waals surface area contributed by atoms with Crippen molar-refractivity contribution in [2.75, 3.05) is 17.2 Å². The normalized spacial score (nSPS) is 13.2. The van der Waals surface area contributed by atoms with E-state index in [9.17, 15) is 9.18 Å². The molecule has 0 bridgehead atoms. The first-order valence-electron chi connectivity index (χ1n) is 7.08. The van der Waals surface area contributed by atoms with Crippen LogP contribution in [0.2, 0.25) is 0 Å². The monoisotopic (exact) mass is 284 g/mol. The van der Waals surface area contributed by atoms with E-state index in [1.807, 2.05) is 18.2 Å². The third-order valence-electron chi connectivity index (χ3n) is 3.76. The minimum atomic E-state index is -0.269. The van der Waals surface area contributed by atoms with Crippen LogP contribution in [0.4, 0.5) is 15.8 Å². The van der Waals surface area contributed by atoms with Crippen LogP contribution in [0.1, 0.15) is 27.9 Å². The molecule has 0 saturated heterocycles. The fourth-order valence-electron chi connectivity index (χ4n) is 2.64. The van der Waals surface area contributed by atoms with Crippen molar-refractivity contribution in [1.29, 1.82) is 0 Å². The Morgan fingerprint density at radius 3 is 2.95 bits per heavy atom. The van der Waals surface area contributed by atoms with Crippen molar-refractivity contribution in [1.82, 2.24) is 0 Å². The number of benzene rings is 2. The summed E-state index contributed by atoms with van der Waals surface area (Å²) in [5.41, 5.74) is 3.90. The Balaban J connectivity index is 1.87. The van der Waals surface area contributed by atoms with Crippen molar-refractivity contribution in [2.24, 2.45) is 0 Å². The lowest BCUT2D eigenvalue weighted by molar-refractivity contribution is 0.102. The molecule has 0 saturated carbocycles. The van der Waals surface area contributed by atoms with Crippen LogP contribution in [-0.4, -0.2) is 12.5 Å². The van der Waals surface area contributed by atoms with Gasteiger partial charge in [-0.1, -0.05) is 6.07 Å². The molecular weight excluding hydrogens is 267 g/mol. The van der Waals surface area contributed by atoms with E-state index in [0.717, 1.165) is 30.6 Å². The van der Waals surface area contributed by atoms with Crippen LogP contribution in [0.15, 0.2) is 36.4 Å². The minimum Gasteiger partial charge on any atom is -0.385 e. The van der Waals surface area contributed by atoms with Crippen LogP contribution in [0.5, 0.6) is 0 Å². The van der Waals surface area contributed by atoms with Gasteiger partial charge in [0.15, 0.2) is 0 Å². The standard InChI is InChI=1S/C17H17FN2O/c1-11-10-12(7-8-15(11)18)20-17(21)14-4-2-6-16-13(14)5-3-9-19-16/h2,4,6-8,10,19H,3,5,9H2,1H3,(H,20,21). The van der Waals surface area contributed by atoms with Gasteiger partial charge in [0.25, 0.3) is 5.91 Å². The van der Waals surface area contributed by atoms with Crippen molar-refractivity contribution >= 4 is 17.3 Å². The number of halogens is 1. The third-order valence-corrected chi connectivity index (χ3v) is 3.76. The number of hydrogen-bond acceptors (Lipinski definition) is 2. The number of fused-ring (bicyclic) bond motifs is 1. The minimum absolute atomic E-state index is 0.151. The molecule has 0 atom stereocenters. The molecule has 2 aromatic rings. The fourth-order valence-corrected chi connectivity index (χ4v) is 2.64. The molecule has 0 aromatic heterocycles. The van der Waals surface area contributed by atoms with Crippen molar-refractivity contribution < 1.29 is 9.18 Å².